The van der Waals surface area contributed by atoms with Crippen LogP contribution in [-0.4, -0.2) is 17.3 Å². The molecular weight excluding hydrogens is 271 g/mol. The van der Waals surface area contributed by atoms with Crippen LogP contribution in [0.3, 0.4) is 0 Å². The van der Waals surface area contributed by atoms with Crippen LogP contribution in [0.25, 0.3) is 0 Å². The van der Waals surface area contributed by atoms with Crippen molar-refractivity contribution >= 4 is 28.9 Å². The summed E-state index contributed by atoms with van der Waals surface area (Å²) in [6.07, 6.45) is 4.89. The van der Waals surface area contributed by atoms with Crippen molar-refractivity contribution in [3.63, 3.8) is 0 Å². The predicted molar refractivity (Wildman–Crippen MR) is 83.1 cm³/mol. The minimum Gasteiger partial charge on any atom is -0.337 e. The van der Waals surface area contributed by atoms with E-state index in [-0.39, 0.29) is 0 Å². The zero-order valence-electron chi connectivity index (χ0n) is 11.5. The average Bonchev–Trinajstić information content (AvgIpc) is 2.27. The van der Waals surface area contributed by atoms with Crippen molar-refractivity contribution in [2.24, 2.45) is 11.8 Å². The third-order valence-corrected chi connectivity index (χ3v) is 7.02. The van der Waals surface area contributed by atoms with Gasteiger partial charge in [-0.15, -0.1) is 0 Å². The maximum absolute atomic E-state index is 10.00. The van der Waals surface area contributed by atoms with Crippen molar-refractivity contribution < 1.29 is 9.42 Å². The lowest BCUT2D eigenvalue weighted by molar-refractivity contribution is 0.275. The maximum atomic E-state index is 10.00. The first kappa shape index (κ1) is 17.9. The fourth-order valence-electron chi connectivity index (χ4n) is 1.38. The Morgan fingerprint density at radius 3 is 2.47 bits per heavy atom. The molecule has 0 saturated carbocycles. The van der Waals surface area contributed by atoms with Gasteiger partial charge in [-0.25, -0.2) is 0 Å². The quantitative estimate of drug-likeness (QED) is 0.585. The number of rotatable bonds is 10. The number of unbranched alkanes of at least 4 members (excludes halogenated alkanes) is 1. The van der Waals surface area contributed by atoms with Gasteiger partial charge in [-0.2, -0.15) is 0 Å². The van der Waals surface area contributed by atoms with Crippen molar-refractivity contribution in [3.05, 3.63) is 0 Å². The summed E-state index contributed by atoms with van der Waals surface area (Å²) in [5.41, 5.74) is -2.60. The Hall–Kier alpha value is 0.920. The molecule has 2 atom stereocenters. The zero-order valence-corrected chi connectivity index (χ0v) is 14.0. The van der Waals surface area contributed by atoms with Gasteiger partial charge in [0.15, 0.2) is 0 Å². The minimum atomic E-state index is -2.60. The molecule has 0 rings (SSSR count). The monoisotopic (exact) mass is 298 g/mol. The fourth-order valence-corrected chi connectivity index (χ4v) is 5.07. The van der Waals surface area contributed by atoms with Crippen molar-refractivity contribution in [1.29, 1.82) is 0 Å². The number of hydrogen-bond acceptors (Lipinski definition) is 3. The largest absolute Gasteiger partial charge is 0.337 e. The first-order valence-corrected chi connectivity index (χ1v) is 10.8. The van der Waals surface area contributed by atoms with Crippen LogP contribution in [-0.2, 0) is 16.3 Å². The summed E-state index contributed by atoms with van der Waals surface area (Å²) < 4.78 is 5.43. The van der Waals surface area contributed by atoms with Crippen LogP contribution >= 0.6 is 17.1 Å². The van der Waals surface area contributed by atoms with Crippen LogP contribution in [0.1, 0.15) is 53.4 Å². The van der Waals surface area contributed by atoms with Gasteiger partial charge < -0.3 is 9.42 Å². The standard InChI is InChI=1S/C12H27O2PS2/c1-5-7-8-12(6-2)10-17-15(13,16)14-9-11(3)4/h11-12H,5-10H2,1-4H3,(H,13,16). The summed E-state index contributed by atoms with van der Waals surface area (Å²) in [7, 11) is 0. The lowest BCUT2D eigenvalue weighted by Gasteiger charge is -2.20. The fraction of sp³-hybridized carbons (Fsp3) is 1.00. The Bertz CT molecular complexity index is 235. The van der Waals surface area contributed by atoms with E-state index in [1.165, 1.54) is 30.6 Å². The van der Waals surface area contributed by atoms with E-state index in [1.807, 2.05) is 0 Å². The van der Waals surface area contributed by atoms with Gasteiger partial charge in [-0.05, 0) is 30.1 Å². The maximum Gasteiger partial charge on any atom is 0.244 e. The molecule has 0 heterocycles. The van der Waals surface area contributed by atoms with Gasteiger partial charge in [0, 0.05) is 5.75 Å². The van der Waals surface area contributed by atoms with E-state index in [1.54, 1.807) is 0 Å². The van der Waals surface area contributed by atoms with E-state index in [0.717, 1.165) is 12.2 Å². The number of hydrogen-bond donors (Lipinski definition) is 1. The smallest absolute Gasteiger partial charge is 0.244 e. The van der Waals surface area contributed by atoms with E-state index in [2.05, 4.69) is 27.7 Å². The molecule has 0 aliphatic rings. The second-order valence-corrected chi connectivity index (χ2v) is 11.1. The lowest BCUT2D eigenvalue weighted by atomic mass is 10.0. The molecule has 17 heavy (non-hydrogen) atoms. The zero-order chi connectivity index (χ0) is 13.3. The van der Waals surface area contributed by atoms with Gasteiger partial charge in [-0.1, -0.05) is 58.3 Å². The molecule has 0 fully saturated rings. The molecule has 0 saturated heterocycles. The Kier molecular flexibility index (Phi) is 10.3. The first-order chi connectivity index (χ1) is 7.91. The van der Waals surface area contributed by atoms with Gasteiger partial charge in [-0.3, -0.25) is 0 Å². The van der Waals surface area contributed by atoms with Crippen molar-refractivity contribution in [3.8, 4) is 0 Å². The second-order valence-electron chi connectivity index (χ2n) is 4.87. The van der Waals surface area contributed by atoms with Gasteiger partial charge in [0.2, 0.25) is 5.69 Å². The Balaban J connectivity index is 3.92. The van der Waals surface area contributed by atoms with Crippen molar-refractivity contribution in [2.75, 3.05) is 12.4 Å². The topological polar surface area (TPSA) is 29.5 Å². The third-order valence-electron chi connectivity index (χ3n) is 2.59. The van der Waals surface area contributed by atoms with E-state index >= 15 is 0 Å². The third kappa shape index (κ3) is 10.5. The molecule has 1 N–H and O–H groups in total. The van der Waals surface area contributed by atoms with Gasteiger partial charge in [0.25, 0.3) is 0 Å². The molecule has 0 spiro atoms. The highest BCUT2D eigenvalue weighted by Gasteiger charge is 2.18. The first-order valence-electron chi connectivity index (χ1n) is 6.53. The summed E-state index contributed by atoms with van der Waals surface area (Å²) in [6.45, 7) is 9.11. The molecule has 2 nitrogen and oxygen atoms in total. The average molecular weight is 298 g/mol. The molecule has 2 unspecified atom stereocenters. The molecule has 0 aromatic heterocycles. The molecule has 0 aliphatic heterocycles. The summed E-state index contributed by atoms with van der Waals surface area (Å²) in [5, 5.41) is 0. The van der Waals surface area contributed by atoms with Gasteiger partial charge in [0.05, 0.1) is 6.61 Å². The molecule has 0 amide bonds. The van der Waals surface area contributed by atoms with E-state index in [0.29, 0.717) is 18.4 Å². The van der Waals surface area contributed by atoms with Crippen LogP contribution in [0.2, 0.25) is 0 Å². The highest BCUT2D eigenvalue weighted by molar-refractivity contribution is 8.67. The van der Waals surface area contributed by atoms with Crippen molar-refractivity contribution in [1.82, 2.24) is 0 Å². The van der Waals surface area contributed by atoms with E-state index in [4.69, 9.17) is 16.3 Å². The predicted octanol–water partition coefficient (Wildman–Crippen LogP) is 4.83. The van der Waals surface area contributed by atoms with Crippen LogP contribution in [0.15, 0.2) is 0 Å². The molecule has 0 aromatic carbocycles. The van der Waals surface area contributed by atoms with Gasteiger partial charge >= 0.3 is 0 Å². The summed E-state index contributed by atoms with van der Waals surface area (Å²) in [4.78, 5) is 10.00. The Morgan fingerprint density at radius 1 is 1.35 bits per heavy atom. The van der Waals surface area contributed by atoms with E-state index in [9.17, 15) is 4.89 Å². The highest BCUT2D eigenvalue weighted by atomic mass is 32.9. The molecule has 0 radical (unpaired) electrons. The van der Waals surface area contributed by atoms with Crippen LogP contribution in [0.5, 0.6) is 0 Å². The SMILES string of the molecule is CCCCC(CC)CSP(O)(=S)OCC(C)C. The molecular formula is C12H27O2PS2. The molecule has 0 aromatic rings. The Morgan fingerprint density at radius 2 is 2.00 bits per heavy atom. The van der Waals surface area contributed by atoms with E-state index < -0.39 is 5.69 Å². The molecule has 0 aliphatic carbocycles. The Labute approximate surface area is 116 Å². The minimum absolute atomic E-state index is 0.423. The summed E-state index contributed by atoms with van der Waals surface area (Å²) in [6, 6.07) is 0. The molecule has 0 bridgehead atoms. The highest BCUT2D eigenvalue weighted by Crippen LogP contribution is 2.57. The van der Waals surface area contributed by atoms with Gasteiger partial charge in [0.1, 0.15) is 0 Å². The van der Waals surface area contributed by atoms with Crippen molar-refractivity contribution in [2.45, 2.75) is 53.4 Å². The van der Waals surface area contributed by atoms with Crippen LogP contribution in [0, 0.1) is 11.8 Å². The molecule has 5 heteroatoms. The summed E-state index contributed by atoms with van der Waals surface area (Å²) in [5.74, 6) is 2.02. The summed E-state index contributed by atoms with van der Waals surface area (Å²) >= 11 is 6.61. The van der Waals surface area contributed by atoms with Crippen LogP contribution in [0.4, 0.5) is 0 Å². The van der Waals surface area contributed by atoms with Crippen LogP contribution < -0.4 is 0 Å². The normalized spacial score (nSPS) is 17.1. The lowest BCUT2D eigenvalue weighted by Crippen LogP contribution is -2.04. The second kappa shape index (κ2) is 9.80. The molecule has 104 valence electrons.